The Hall–Kier alpha value is -1.89. The van der Waals surface area contributed by atoms with Gasteiger partial charge in [-0.2, -0.15) is 0 Å². The van der Waals surface area contributed by atoms with Gasteiger partial charge in [-0.25, -0.2) is 8.42 Å². The summed E-state index contributed by atoms with van der Waals surface area (Å²) >= 11 is 0. The maximum Gasteiger partial charge on any atom is 0.261 e. The van der Waals surface area contributed by atoms with Crippen LogP contribution in [0.15, 0.2) is 59.5 Å². The van der Waals surface area contributed by atoms with Gasteiger partial charge in [-0.3, -0.25) is 4.79 Å². The van der Waals surface area contributed by atoms with E-state index in [-0.39, 0.29) is 10.8 Å². The van der Waals surface area contributed by atoms with Crippen molar-refractivity contribution >= 4 is 31.3 Å². The minimum Gasteiger partial charge on any atom is -0.325 e. The van der Waals surface area contributed by atoms with E-state index in [4.69, 9.17) is 16.4 Å². The molecule has 1 amide bonds. The molecule has 3 N–H and O–H groups in total. The Morgan fingerprint density at radius 3 is 2.23 bits per heavy atom. The third-order valence-electron chi connectivity index (χ3n) is 3.04. The van der Waals surface area contributed by atoms with Crippen LogP contribution in [-0.2, 0) is 20.3 Å². The van der Waals surface area contributed by atoms with Gasteiger partial charge in [0.15, 0.2) is 0 Å². The van der Waals surface area contributed by atoms with Gasteiger partial charge in [0.1, 0.15) is 0 Å². The summed E-state index contributed by atoms with van der Waals surface area (Å²) in [7, 11) is 1.45. The Morgan fingerprint density at radius 1 is 1.09 bits per heavy atom. The molecule has 0 unspecified atom stereocenters. The van der Waals surface area contributed by atoms with E-state index in [1.54, 1.807) is 0 Å². The number of benzene rings is 2. The lowest BCUT2D eigenvalue weighted by Gasteiger charge is -2.12. The van der Waals surface area contributed by atoms with E-state index >= 15 is 0 Å². The van der Waals surface area contributed by atoms with Crippen LogP contribution >= 0.6 is 10.7 Å². The van der Waals surface area contributed by atoms with Crippen molar-refractivity contribution in [2.75, 3.05) is 5.32 Å². The zero-order chi connectivity index (χ0) is 16.2. The fourth-order valence-electron chi connectivity index (χ4n) is 1.90. The van der Waals surface area contributed by atoms with Crippen molar-refractivity contribution < 1.29 is 13.2 Å². The smallest absolute Gasteiger partial charge is 0.261 e. The number of nitrogens with one attached hydrogen (secondary N) is 1. The number of halogens is 1. The highest BCUT2D eigenvalue weighted by atomic mass is 35.7. The Morgan fingerprint density at radius 2 is 1.68 bits per heavy atom. The monoisotopic (exact) mass is 338 g/mol. The molecule has 2 aromatic rings. The van der Waals surface area contributed by atoms with Gasteiger partial charge in [0.2, 0.25) is 5.91 Å². The summed E-state index contributed by atoms with van der Waals surface area (Å²) in [6.07, 6.45) is 0.417. The van der Waals surface area contributed by atoms with Crippen LogP contribution < -0.4 is 11.1 Å². The van der Waals surface area contributed by atoms with Crippen molar-refractivity contribution in [2.24, 2.45) is 5.73 Å². The second-order valence-corrected chi connectivity index (χ2v) is 7.31. The number of hydrogen-bond acceptors (Lipinski definition) is 4. The van der Waals surface area contributed by atoms with Crippen LogP contribution in [0.3, 0.4) is 0 Å². The minimum atomic E-state index is -3.77. The molecule has 2 aromatic carbocycles. The van der Waals surface area contributed by atoms with Crippen LogP contribution in [0.2, 0.25) is 0 Å². The molecule has 0 radical (unpaired) electrons. The molecule has 2 rings (SSSR count). The van der Waals surface area contributed by atoms with E-state index in [1.807, 2.05) is 30.3 Å². The maximum atomic E-state index is 12.0. The molecule has 5 nitrogen and oxygen atoms in total. The highest BCUT2D eigenvalue weighted by Crippen LogP contribution is 2.17. The normalized spacial score (nSPS) is 12.6. The second kappa shape index (κ2) is 6.91. The number of rotatable bonds is 5. The molecule has 0 saturated carbocycles. The van der Waals surface area contributed by atoms with E-state index < -0.39 is 15.1 Å². The summed E-state index contributed by atoms with van der Waals surface area (Å²) in [6, 6.07) is 14.3. The highest BCUT2D eigenvalue weighted by Gasteiger charge is 2.15. The van der Waals surface area contributed by atoms with E-state index in [2.05, 4.69) is 5.32 Å². The van der Waals surface area contributed by atoms with Gasteiger partial charge < -0.3 is 11.1 Å². The van der Waals surface area contributed by atoms with Gasteiger partial charge in [0.05, 0.1) is 10.9 Å². The fourth-order valence-corrected chi connectivity index (χ4v) is 2.67. The van der Waals surface area contributed by atoms with Gasteiger partial charge in [-0.15, -0.1) is 0 Å². The number of nitrogens with two attached hydrogens (primary N) is 1. The van der Waals surface area contributed by atoms with Crippen molar-refractivity contribution in [1.82, 2.24) is 0 Å². The van der Waals surface area contributed by atoms with Crippen molar-refractivity contribution in [2.45, 2.75) is 17.4 Å². The molecule has 0 heterocycles. The number of anilines is 1. The van der Waals surface area contributed by atoms with E-state index in [0.717, 1.165) is 5.56 Å². The molecule has 0 aliphatic heterocycles. The average molecular weight is 339 g/mol. The molecule has 1 atom stereocenters. The molecule has 22 heavy (non-hydrogen) atoms. The van der Waals surface area contributed by atoms with Crippen molar-refractivity contribution in [3.05, 3.63) is 60.2 Å². The SMILES string of the molecule is N[C@@H](Cc1ccccc1)C(=O)Nc1ccc(S(=O)(=O)Cl)cc1. The first kappa shape index (κ1) is 16.5. The topological polar surface area (TPSA) is 89.3 Å². The minimum absolute atomic E-state index is 0.0271. The Bertz CT molecular complexity index is 746. The summed E-state index contributed by atoms with van der Waals surface area (Å²) in [5.41, 5.74) is 7.29. The first-order chi connectivity index (χ1) is 10.4. The molecule has 0 aromatic heterocycles. The van der Waals surface area contributed by atoms with Crippen molar-refractivity contribution in [3.63, 3.8) is 0 Å². The summed E-state index contributed by atoms with van der Waals surface area (Å²) in [4.78, 5) is 12.0. The lowest BCUT2D eigenvalue weighted by Crippen LogP contribution is -2.37. The van der Waals surface area contributed by atoms with Gasteiger partial charge in [-0.05, 0) is 36.2 Å². The number of amides is 1. The number of carbonyl (C=O) groups excluding carboxylic acids is 1. The van der Waals surface area contributed by atoms with Gasteiger partial charge in [0.25, 0.3) is 9.05 Å². The standard InChI is InChI=1S/C15H15ClN2O3S/c16-22(20,21)13-8-6-12(7-9-13)18-15(19)14(17)10-11-4-2-1-3-5-11/h1-9,14H,10,17H2,(H,18,19)/t14-/m0/s1. The molecule has 116 valence electrons. The van der Waals surface area contributed by atoms with Crippen LogP contribution in [0.1, 0.15) is 5.56 Å². The third-order valence-corrected chi connectivity index (χ3v) is 4.41. The predicted molar refractivity (Wildman–Crippen MR) is 86.2 cm³/mol. The average Bonchev–Trinajstić information content (AvgIpc) is 2.48. The maximum absolute atomic E-state index is 12.0. The summed E-state index contributed by atoms with van der Waals surface area (Å²) in [5.74, 6) is -0.342. The Labute approximate surface area is 133 Å². The molecule has 0 aliphatic rings. The zero-order valence-corrected chi connectivity index (χ0v) is 13.1. The first-order valence-electron chi connectivity index (χ1n) is 6.51. The van der Waals surface area contributed by atoms with Gasteiger partial charge in [-0.1, -0.05) is 30.3 Å². The molecular formula is C15H15ClN2O3S. The molecule has 0 fully saturated rings. The lowest BCUT2D eigenvalue weighted by molar-refractivity contribution is -0.117. The van der Waals surface area contributed by atoms with Gasteiger partial charge in [0, 0.05) is 16.4 Å². The number of carbonyl (C=O) groups is 1. The van der Waals surface area contributed by atoms with E-state index in [0.29, 0.717) is 12.1 Å². The largest absolute Gasteiger partial charge is 0.325 e. The van der Waals surface area contributed by atoms with Crippen molar-refractivity contribution in [3.8, 4) is 0 Å². The van der Waals surface area contributed by atoms with Gasteiger partial charge >= 0.3 is 0 Å². The van der Waals surface area contributed by atoms with Crippen LogP contribution in [0.4, 0.5) is 5.69 Å². The third kappa shape index (κ3) is 4.56. The Kier molecular flexibility index (Phi) is 5.18. The van der Waals surface area contributed by atoms with Crippen LogP contribution in [-0.4, -0.2) is 20.4 Å². The molecule has 0 spiro atoms. The quantitative estimate of drug-likeness (QED) is 0.817. The van der Waals surface area contributed by atoms with Crippen LogP contribution in [0.5, 0.6) is 0 Å². The fraction of sp³-hybridized carbons (Fsp3) is 0.133. The second-order valence-electron chi connectivity index (χ2n) is 4.75. The number of hydrogen-bond donors (Lipinski definition) is 2. The molecule has 0 aliphatic carbocycles. The first-order valence-corrected chi connectivity index (χ1v) is 8.82. The van der Waals surface area contributed by atoms with E-state index in [1.165, 1.54) is 24.3 Å². The molecule has 0 saturated heterocycles. The predicted octanol–water partition coefficient (Wildman–Crippen LogP) is 2.12. The molecular weight excluding hydrogens is 324 g/mol. The summed E-state index contributed by atoms with van der Waals surface area (Å²) in [5, 5.41) is 2.64. The molecule has 0 bridgehead atoms. The zero-order valence-electron chi connectivity index (χ0n) is 11.6. The molecule has 7 heteroatoms. The van der Waals surface area contributed by atoms with Crippen LogP contribution in [0.25, 0.3) is 0 Å². The Balaban J connectivity index is 1.99. The van der Waals surface area contributed by atoms with Crippen LogP contribution in [0, 0.1) is 0 Å². The highest BCUT2D eigenvalue weighted by molar-refractivity contribution is 8.13. The van der Waals surface area contributed by atoms with E-state index in [9.17, 15) is 13.2 Å². The van der Waals surface area contributed by atoms with Crippen molar-refractivity contribution in [1.29, 1.82) is 0 Å². The summed E-state index contributed by atoms with van der Waals surface area (Å²) < 4.78 is 22.3. The summed E-state index contributed by atoms with van der Waals surface area (Å²) in [6.45, 7) is 0. The lowest BCUT2D eigenvalue weighted by atomic mass is 10.1.